The van der Waals surface area contributed by atoms with Crippen molar-refractivity contribution >= 4 is 5.97 Å². The molecule has 0 aliphatic carbocycles. The number of carbonyl (C=O) groups is 1. The molecule has 0 spiro atoms. The van der Waals surface area contributed by atoms with Crippen LogP contribution in [0, 0.1) is 5.92 Å². The van der Waals surface area contributed by atoms with Crippen LogP contribution in [-0.2, 0) is 20.9 Å². The number of rotatable bonds is 6. The van der Waals surface area contributed by atoms with Crippen molar-refractivity contribution in [3.63, 3.8) is 0 Å². The molecule has 1 aromatic carbocycles. The maximum absolute atomic E-state index is 12.0. The van der Waals surface area contributed by atoms with E-state index in [0.29, 0.717) is 13.2 Å². The van der Waals surface area contributed by atoms with Crippen LogP contribution >= 0.6 is 0 Å². The van der Waals surface area contributed by atoms with Gasteiger partial charge in [-0.05, 0) is 25.8 Å². The minimum Gasteiger partial charge on any atom is -0.461 e. The second-order valence-corrected chi connectivity index (χ2v) is 6.06. The highest BCUT2D eigenvalue weighted by Gasteiger charge is 2.37. The van der Waals surface area contributed by atoms with E-state index in [1.165, 1.54) is 0 Å². The lowest BCUT2D eigenvalue weighted by Crippen LogP contribution is -2.50. The lowest BCUT2D eigenvalue weighted by molar-refractivity contribution is -0.149. The Morgan fingerprint density at radius 3 is 2.81 bits per heavy atom. The minimum absolute atomic E-state index is 0.0476. The maximum Gasteiger partial charge on any atom is 0.310 e. The van der Waals surface area contributed by atoms with Crippen molar-refractivity contribution in [2.24, 2.45) is 5.92 Å². The summed E-state index contributed by atoms with van der Waals surface area (Å²) in [5.41, 5.74) is 0.962. The summed E-state index contributed by atoms with van der Waals surface area (Å²) in [6.07, 6.45) is 1.14. The normalized spacial score (nSPS) is 26.5. The monoisotopic (exact) mass is 291 g/mol. The average molecular weight is 291 g/mol. The molecule has 3 atom stereocenters. The van der Waals surface area contributed by atoms with Gasteiger partial charge in [0.25, 0.3) is 0 Å². The fourth-order valence-corrected chi connectivity index (χ4v) is 2.41. The van der Waals surface area contributed by atoms with Gasteiger partial charge in [0, 0.05) is 18.7 Å². The first kappa shape index (κ1) is 16.0. The van der Waals surface area contributed by atoms with Crippen molar-refractivity contribution in [2.75, 3.05) is 13.2 Å². The standard InChI is InChI=1S/C17H25NO3/c1-13(11-18-17(3)9-10-20-14(17)2)16(19)21-12-15-7-5-4-6-8-15/h4-8,13-14,18H,9-12H2,1-3H3. The van der Waals surface area contributed by atoms with E-state index >= 15 is 0 Å². The molecule has 21 heavy (non-hydrogen) atoms. The van der Waals surface area contributed by atoms with E-state index in [2.05, 4.69) is 19.2 Å². The minimum atomic E-state index is -0.168. The fourth-order valence-electron chi connectivity index (χ4n) is 2.41. The third-order valence-corrected chi connectivity index (χ3v) is 4.32. The molecule has 0 saturated carbocycles. The summed E-state index contributed by atoms with van der Waals surface area (Å²) < 4.78 is 10.9. The van der Waals surface area contributed by atoms with E-state index < -0.39 is 0 Å². The Labute approximate surface area is 126 Å². The highest BCUT2D eigenvalue weighted by molar-refractivity contribution is 5.72. The Balaban J connectivity index is 1.75. The molecule has 1 fully saturated rings. The first-order valence-electron chi connectivity index (χ1n) is 7.58. The number of hydrogen-bond donors (Lipinski definition) is 1. The molecule has 4 nitrogen and oxygen atoms in total. The van der Waals surface area contributed by atoms with Crippen LogP contribution in [0.15, 0.2) is 30.3 Å². The molecule has 0 bridgehead atoms. The molecule has 1 saturated heterocycles. The number of ether oxygens (including phenoxy) is 2. The molecular weight excluding hydrogens is 266 g/mol. The van der Waals surface area contributed by atoms with Crippen LogP contribution in [0.25, 0.3) is 0 Å². The number of esters is 1. The second kappa shape index (κ2) is 7.05. The van der Waals surface area contributed by atoms with Gasteiger partial charge in [-0.3, -0.25) is 4.79 Å². The van der Waals surface area contributed by atoms with Crippen molar-refractivity contribution < 1.29 is 14.3 Å². The van der Waals surface area contributed by atoms with Gasteiger partial charge in [0.15, 0.2) is 0 Å². The zero-order valence-electron chi connectivity index (χ0n) is 13.1. The van der Waals surface area contributed by atoms with Crippen LogP contribution in [-0.4, -0.2) is 30.8 Å². The summed E-state index contributed by atoms with van der Waals surface area (Å²) >= 11 is 0. The Kier molecular flexibility index (Phi) is 5.37. The van der Waals surface area contributed by atoms with Crippen LogP contribution < -0.4 is 5.32 Å². The van der Waals surface area contributed by atoms with Gasteiger partial charge in [-0.25, -0.2) is 0 Å². The van der Waals surface area contributed by atoms with Crippen LogP contribution in [0.4, 0.5) is 0 Å². The van der Waals surface area contributed by atoms with Gasteiger partial charge in [-0.1, -0.05) is 37.3 Å². The van der Waals surface area contributed by atoms with Gasteiger partial charge in [0.05, 0.1) is 12.0 Å². The van der Waals surface area contributed by atoms with Crippen molar-refractivity contribution in [1.82, 2.24) is 5.32 Å². The smallest absolute Gasteiger partial charge is 0.310 e. The SMILES string of the molecule is CC(CNC1(C)CCOC1C)C(=O)OCc1ccccc1. The van der Waals surface area contributed by atoms with Crippen LogP contribution in [0.3, 0.4) is 0 Å². The van der Waals surface area contributed by atoms with Gasteiger partial charge >= 0.3 is 5.97 Å². The van der Waals surface area contributed by atoms with Gasteiger partial charge in [-0.15, -0.1) is 0 Å². The lowest BCUT2D eigenvalue weighted by atomic mass is 9.94. The summed E-state index contributed by atoms with van der Waals surface area (Å²) in [6.45, 7) is 7.82. The molecular formula is C17H25NO3. The Morgan fingerprint density at radius 2 is 2.19 bits per heavy atom. The number of hydrogen-bond acceptors (Lipinski definition) is 4. The van der Waals surface area contributed by atoms with E-state index in [-0.39, 0.29) is 23.5 Å². The van der Waals surface area contributed by atoms with Gasteiger partial charge < -0.3 is 14.8 Å². The summed E-state index contributed by atoms with van der Waals surface area (Å²) in [5, 5.41) is 3.46. The zero-order valence-corrected chi connectivity index (χ0v) is 13.1. The summed E-state index contributed by atoms with van der Waals surface area (Å²) in [5.74, 6) is -0.333. The summed E-state index contributed by atoms with van der Waals surface area (Å²) in [4.78, 5) is 12.0. The molecule has 0 radical (unpaired) electrons. The predicted octanol–water partition coefficient (Wildman–Crippen LogP) is 2.52. The molecule has 3 unspecified atom stereocenters. The molecule has 0 aromatic heterocycles. The first-order chi connectivity index (χ1) is 10.0. The van der Waals surface area contributed by atoms with Crippen molar-refractivity contribution in [2.45, 2.75) is 45.4 Å². The Bertz CT molecular complexity index is 462. The molecule has 1 heterocycles. The number of nitrogens with one attached hydrogen (secondary N) is 1. The molecule has 116 valence electrons. The molecule has 4 heteroatoms. The average Bonchev–Trinajstić information content (AvgIpc) is 2.83. The van der Waals surface area contributed by atoms with Crippen LogP contribution in [0.1, 0.15) is 32.8 Å². The lowest BCUT2D eigenvalue weighted by Gasteiger charge is -2.30. The van der Waals surface area contributed by atoms with E-state index in [0.717, 1.165) is 18.6 Å². The molecule has 0 amide bonds. The molecule has 1 aliphatic heterocycles. The third-order valence-electron chi connectivity index (χ3n) is 4.32. The van der Waals surface area contributed by atoms with Crippen molar-refractivity contribution in [1.29, 1.82) is 0 Å². The van der Waals surface area contributed by atoms with E-state index in [9.17, 15) is 4.79 Å². The summed E-state index contributed by atoms with van der Waals surface area (Å²) in [6, 6.07) is 9.74. The molecule has 1 aliphatic rings. The van der Waals surface area contributed by atoms with Gasteiger partial charge in [-0.2, -0.15) is 0 Å². The van der Waals surface area contributed by atoms with E-state index in [1.807, 2.05) is 37.3 Å². The predicted molar refractivity (Wildman–Crippen MR) is 81.8 cm³/mol. The third kappa shape index (κ3) is 4.29. The van der Waals surface area contributed by atoms with Crippen LogP contribution in [0.2, 0.25) is 0 Å². The van der Waals surface area contributed by atoms with Gasteiger partial charge in [0.1, 0.15) is 6.61 Å². The zero-order chi connectivity index (χ0) is 15.3. The first-order valence-corrected chi connectivity index (χ1v) is 7.58. The maximum atomic E-state index is 12.0. The molecule has 1 aromatic rings. The second-order valence-electron chi connectivity index (χ2n) is 6.06. The number of benzene rings is 1. The highest BCUT2D eigenvalue weighted by atomic mass is 16.5. The quantitative estimate of drug-likeness (QED) is 0.818. The number of carbonyl (C=O) groups excluding carboxylic acids is 1. The highest BCUT2D eigenvalue weighted by Crippen LogP contribution is 2.25. The Morgan fingerprint density at radius 1 is 1.48 bits per heavy atom. The Hall–Kier alpha value is -1.39. The topological polar surface area (TPSA) is 47.6 Å². The van der Waals surface area contributed by atoms with E-state index in [4.69, 9.17) is 9.47 Å². The summed E-state index contributed by atoms with van der Waals surface area (Å²) in [7, 11) is 0. The van der Waals surface area contributed by atoms with E-state index in [1.54, 1.807) is 0 Å². The molecule has 2 rings (SSSR count). The van der Waals surface area contributed by atoms with Gasteiger partial charge in [0.2, 0.25) is 0 Å². The largest absolute Gasteiger partial charge is 0.461 e. The van der Waals surface area contributed by atoms with Crippen LogP contribution in [0.5, 0.6) is 0 Å². The fraction of sp³-hybridized carbons (Fsp3) is 0.588. The molecule has 1 N–H and O–H groups in total. The van der Waals surface area contributed by atoms with Crippen molar-refractivity contribution in [3.8, 4) is 0 Å². The van der Waals surface area contributed by atoms with Crippen molar-refractivity contribution in [3.05, 3.63) is 35.9 Å².